The molecule has 0 saturated heterocycles. The Morgan fingerprint density at radius 3 is 2.62 bits per heavy atom. The van der Waals surface area contributed by atoms with Crippen LogP contribution in [0.3, 0.4) is 0 Å². The molecule has 29 heavy (non-hydrogen) atoms. The van der Waals surface area contributed by atoms with Gasteiger partial charge in [0, 0.05) is 4.47 Å². The number of hydrazone groups is 1. The van der Waals surface area contributed by atoms with E-state index in [1.165, 1.54) is 5.01 Å². The highest BCUT2D eigenvalue weighted by molar-refractivity contribution is 14.1. The average molecular weight is 569 g/mol. The van der Waals surface area contributed by atoms with E-state index in [1.807, 2.05) is 49.4 Å². The van der Waals surface area contributed by atoms with Crippen molar-refractivity contribution in [3.8, 4) is 11.5 Å². The Bertz CT molecular complexity index is 971. The molecule has 152 valence electrons. The van der Waals surface area contributed by atoms with Crippen LogP contribution in [0.15, 0.2) is 51.5 Å². The Balaban J connectivity index is 1.89. The standard InChI is InChI=1S/C22H22BrIN2O3/c1-4-5-10-29-21-19(24)12-15(13-20(21)28-3)11-18-14(2)25-26(22(18)27)17-8-6-16(23)7-9-17/h6-9,11-13H,4-5,10H2,1-3H3/b18-11-. The number of halogens is 2. The molecule has 7 heteroatoms. The third-order valence-electron chi connectivity index (χ3n) is 4.44. The molecule has 1 aliphatic rings. The summed E-state index contributed by atoms with van der Waals surface area (Å²) in [6.07, 6.45) is 3.90. The third kappa shape index (κ3) is 5.01. The van der Waals surface area contributed by atoms with Crippen LogP contribution in [0.2, 0.25) is 0 Å². The predicted molar refractivity (Wildman–Crippen MR) is 129 cm³/mol. The Morgan fingerprint density at radius 2 is 1.97 bits per heavy atom. The quantitative estimate of drug-likeness (QED) is 0.232. The second-order valence-electron chi connectivity index (χ2n) is 6.57. The van der Waals surface area contributed by atoms with E-state index in [4.69, 9.17) is 9.47 Å². The SMILES string of the molecule is CCCCOc1c(I)cc(/C=C2\C(=O)N(c3ccc(Br)cc3)N=C2C)cc1OC. The molecule has 0 fully saturated rings. The average Bonchev–Trinajstić information content (AvgIpc) is 2.98. The van der Waals surface area contributed by atoms with Crippen molar-refractivity contribution in [3.63, 3.8) is 0 Å². The van der Waals surface area contributed by atoms with Crippen molar-refractivity contribution in [1.82, 2.24) is 0 Å². The summed E-state index contributed by atoms with van der Waals surface area (Å²) in [4.78, 5) is 13.0. The maximum Gasteiger partial charge on any atom is 0.280 e. The molecule has 0 N–H and O–H groups in total. The van der Waals surface area contributed by atoms with Gasteiger partial charge in [-0.3, -0.25) is 4.79 Å². The Labute approximate surface area is 193 Å². The first-order chi connectivity index (χ1) is 13.9. The molecule has 2 aromatic carbocycles. The van der Waals surface area contributed by atoms with Gasteiger partial charge >= 0.3 is 0 Å². The number of ether oxygens (including phenoxy) is 2. The molecule has 0 unspecified atom stereocenters. The van der Waals surface area contributed by atoms with Crippen LogP contribution in [0, 0.1) is 3.57 Å². The van der Waals surface area contributed by atoms with E-state index in [0.717, 1.165) is 37.9 Å². The highest BCUT2D eigenvalue weighted by Gasteiger charge is 2.28. The number of unbranched alkanes of at least 4 members (excludes halogenated alkanes) is 1. The summed E-state index contributed by atoms with van der Waals surface area (Å²) in [7, 11) is 1.62. The summed E-state index contributed by atoms with van der Waals surface area (Å²) in [5.41, 5.74) is 2.83. The molecule has 3 rings (SSSR count). The molecular formula is C22H22BrIN2O3. The van der Waals surface area contributed by atoms with Gasteiger partial charge in [0.1, 0.15) is 0 Å². The van der Waals surface area contributed by atoms with Crippen LogP contribution in [-0.4, -0.2) is 25.3 Å². The van der Waals surface area contributed by atoms with E-state index in [9.17, 15) is 4.79 Å². The zero-order chi connectivity index (χ0) is 21.0. The molecule has 0 radical (unpaired) electrons. The summed E-state index contributed by atoms with van der Waals surface area (Å²) >= 11 is 5.65. The Kier molecular flexibility index (Phi) is 7.34. The largest absolute Gasteiger partial charge is 0.493 e. The first-order valence-electron chi connectivity index (χ1n) is 9.32. The van der Waals surface area contributed by atoms with Crippen molar-refractivity contribution in [1.29, 1.82) is 0 Å². The maximum atomic E-state index is 13.0. The minimum absolute atomic E-state index is 0.151. The fourth-order valence-corrected chi connectivity index (χ4v) is 3.94. The van der Waals surface area contributed by atoms with Crippen molar-refractivity contribution >= 4 is 61.9 Å². The number of carbonyl (C=O) groups excluding carboxylic acids is 1. The topological polar surface area (TPSA) is 51.1 Å². The molecule has 5 nitrogen and oxygen atoms in total. The molecule has 1 heterocycles. The second-order valence-corrected chi connectivity index (χ2v) is 8.65. The van der Waals surface area contributed by atoms with Crippen LogP contribution in [0.1, 0.15) is 32.3 Å². The number of nitrogens with zero attached hydrogens (tertiary/aromatic N) is 2. The zero-order valence-corrected chi connectivity index (χ0v) is 20.3. The molecule has 1 aliphatic heterocycles. The van der Waals surface area contributed by atoms with E-state index in [2.05, 4.69) is 50.5 Å². The van der Waals surface area contributed by atoms with Gasteiger partial charge in [0.05, 0.1) is 34.3 Å². The van der Waals surface area contributed by atoms with Gasteiger partial charge in [-0.2, -0.15) is 10.1 Å². The third-order valence-corrected chi connectivity index (χ3v) is 5.77. The lowest BCUT2D eigenvalue weighted by molar-refractivity contribution is -0.114. The van der Waals surface area contributed by atoms with E-state index in [1.54, 1.807) is 7.11 Å². The van der Waals surface area contributed by atoms with Gasteiger partial charge < -0.3 is 9.47 Å². The van der Waals surface area contributed by atoms with E-state index in [0.29, 0.717) is 23.6 Å². The van der Waals surface area contributed by atoms with Crippen LogP contribution < -0.4 is 14.5 Å². The minimum Gasteiger partial charge on any atom is -0.493 e. The zero-order valence-electron chi connectivity index (χ0n) is 16.5. The molecule has 0 aliphatic carbocycles. The number of rotatable bonds is 7. The number of hydrogen-bond donors (Lipinski definition) is 0. The lowest BCUT2D eigenvalue weighted by atomic mass is 10.1. The number of amides is 1. The number of hydrogen-bond acceptors (Lipinski definition) is 4. The summed E-state index contributed by atoms with van der Waals surface area (Å²) < 4.78 is 13.3. The molecule has 1 amide bonds. The van der Waals surface area contributed by atoms with E-state index < -0.39 is 0 Å². The van der Waals surface area contributed by atoms with Gasteiger partial charge in [0.2, 0.25) is 0 Å². The fraction of sp³-hybridized carbons (Fsp3) is 0.273. The first-order valence-corrected chi connectivity index (χ1v) is 11.2. The Morgan fingerprint density at radius 1 is 1.24 bits per heavy atom. The number of carbonyl (C=O) groups is 1. The van der Waals surface area contributed by atoms with Crippen molar-refractivity contribution in [2.45, 2.75) is 26.7 Å². The lowest BCUT2D eigenvalue weighted by Crippen LogP contribution is -2.21. The smallest absolute Gasteiger partial charge is 0.280 e. The van der Waals surface area contributed by atoms with Crippen LogP contribution in [0.4, 0.5) is 5.69 Å². The summed E-state index contributed by atoms with van der Waals surface area (Å²) in [6, 6.07) is 11.4. The predicted octanol–water partition coefficient (Wildman–Crippen LogP) is 6.05. The van der Waals surface area contributed by atoms with E-state index >= 15 is 0 Å². The molecule has 0 aromatic heterocycles. The van der Waals surface area contributed by atoms with Crippen LogP contribution >= 0.6 is 38.5 Å². The number of anilines is 1. The molecule has 0 saturated carbocycles. The van der Waals surface area contributed by atoms with Gasteiger partial charge in [0.25, 0.3) is 5.91 Å². The molecule has 0 atom stereocenters. The summed E-state index contributed by atoms with van der Waals surface area (Å²) in [5, 5.41) is 5.87. The fourth-order valence-electron chi connectivity index (χ4n) is 2.89. The summed E-state index contributed by atoms with van der Waals surface area (Å²) in [6.45, 7) is 4.61. The maximum absolute atomic E-state index is 13.0. The van der Waals surface area contributed by atoms with Gasteiger partial charge in [-0.25, -0.2) is 0 Å². The first kappa shape index (κ1) is 21.8. The highest BCUT2D eigenvalue weighted by Crippen LogP contribution is 2.35. The molecule has 0 spiro atoms. The Hall–Kier alpha value is -1.87. The normalized spacial score (nSPS) is 15.1. The monoisotopic (exact) mass is 568 g/mol. The van der Waals surface area contributed by atoms with Crippen LogP contribution in [0.25, 0.3) is 6.08 Å². The second kappa shape index (κ2) is 9.75. The van der Waals surface area contributed by atoms with Gasteiger partial charge in [-0.15, -0.1) is 0 Å². The van der Waals surface area contributed by atoms with Gasteiger partial charge in [0.15, 0.2) is 11.5 Å². The van der Waals surface area contributed by atoms with Crippen molar-refractivity contribution in [3.05, 3.63) is 55.6 Å². The highest BCUT2D eigenvalue weighted by atomic mass is 127. The van der Waals surface area contributed by atoms with Crippen LogP contribution in [-0.2, 0) is 4.79 Å². The van der Waals surface area contributed by atoms with Crippen LogP contribution in [0.5, 0.6) is 11.5 Å². The molecular weight excluding hydrogens is 547 g/mol. The van der Waals surface area contributed by atoms with Crippen molar-refractivity contribution in [2.75, 3.05) is 18.7 Å². The number of methoxy groups -OCH3 is 1. The van der Waals surface area contributed by atoms with Gasteiger partial charge in [-0.05, 0) is 84.0 Å². The van der Waals surface area contributed by atoms with Gasteiger partial charge in [-0.1, -0.05) is 29.3 Å². The number of benzene rings is 2. The van der Waals surface area contributed by atoms with Crippen molar-refractivity contribution < 1.29 is 14.3 Å². The summed E-state index contributed by atoms with van der Waals surface area (Å²) in [5.74, 6) is 1.25. The molecule has 0 bridgehead atoms. The van der Waals surface area contributed by atoms with Crippen molar-refractivity contribution in [2.24, 2.45) is 5.10 Å². The van der Waals surface area contributed by atoms with E-state index in [-0.39, 0.29) is 5.91 Å². The minimum atomic E-state index is -0.151. The lowest BCUT2D eigenvalue weighted by Gasteiger charge is -2.14. The molecule has 2 aromatic rings.